The molecule has 1 heterocycles. The summed E-state index contributed by atoms with van der Waals surface area (Å²) in [6, 6.07) is 4.23. The van der Waals surface area contributed by atoms with Crippen molar-refractivity contribution in [2.24, 2.45) is 5.92 Å². The Kier molecular flexibility index (Phi) is 8.92. The van der Waals surface area contributed by atoms with E-state index < -0.39 is 28.8 Å². The molecule has 2 N–H and O–H groups in total. The number of benzene rings is 1. The second kappa shape index (κ2) is 11.4. The molecule has 1 saturated heterocycles. The number of non-ortho nitro benzene ring substituents is 1. The quantitative estimate of drug-likeness (QED) is 0.441. The van der Waals surface area contributed by atoms with Gasteiger partial charge in [-0.05, 0) is 18.4 Å². The molecule has 0 aromatic heterocycles. The zero-order valence-electron chi connectivity index (χ0n) is 18.1. The molecule has 0 aliphatic carbocycles. The van der Waals surface area contributed by atoms with Crippen LogP contribution in [-0.4, -0.2) is 65.9 Å². The summed E-state index contributed by atoms with van der Waals surface area (Å²) < 4.78 is 5.28. The highest BCUT2D eigenvalue weighted by Gasteiger charge is 2.32. The molecule has 0 spiro atoms. The number of carbonyl (C=O) groups excluding carboxylic acids is 3. The molecule has 0 unspecified atom stereocenters. The van der Waals surface area contributed by atoms with Gasteiger partial charge in [-0.25, -0.2) is 0 Å². The van der Waals surface area contributed by atoms with Crippen LogP contribution in [0.2, 0.25) is 0 Å². The molecule has 170 valence electrons. The molecular weight excluding hydrogens is 404 g/mol. The van der Waals surface area contributed by atoms with Gasteiger partial charge in [0.1, 0.15) is 12.1 Å². The average Bonchev–Trinajstić information content (AvgIpc) is 2.76. The molecule has 0 radical (unpaired) electrons. The lowest BCUT2D eigenvalue weighted by atomic mass is 9.97. The summed E-state index contributed by atoms with van der Waals surface area (Å²) in [5.41, 5.74) is 0.369. The van der Waals surface area contributed by atoms with Crippen molar-refractivity contribution in [2.75, 3.05) is 26.3 Å². The van der Waals surface area contributed by atoms with Crippen molar-refractivity contribution in [2.45, 2.75) is 45.7 Å². The van der Waals surface area contributed by atoms with Gasteiger partial charge < -0.3 is 20.3 Å². The predicted octanol–water partition coefficient (Wildman–Crippen LogP) is 1.03. The van der Waals surface area contributed by atoms with Crippen LogP contribution in [0.25, 0.3) is 0 Å². The molecule has 3 amide bonds. The predicted molar refractivity (Wildman–Crippen MR) is 113 cm³/mol. The molecule has 1 aliphatic heterocycles. The zero-order chi connectivity index (χ0) is 23.0. The lowest BCUT2D eigenvalue weighted by Crippen LogP contribution is -2.57. The van der Waals surface area contributed by atoms with Crippen LogP contribution >= 0.6 is 0 Å². The van der Waals surface area contributed by atoms with Gasteiger partial charge in [-0.1, -0.05) is 32.4 Å². The van der Waals surface area contributed by atoms with E-state index in [1.54, 1.807) is 11.0 Å². The summed E-state index contributed by atoms with van der Waals surface area (Å²) in [6.07, 6.45) is 0.607. The number of hydrogen-bond donors (Lipinski definition) is 2. The Labute approximate surface area is 181 Å². The summed E-state index contributed by atoms with van der Waals surface area (Å²) in [5, 5.41) is 16.2. The van der Waals surface area contributed by atoms with E-state index >= 15 is 0 Å². The molecular formula is C21H30N4O6. The van der Waals surface area contributed by atoms with E-state index in [9.17, 15) is 24.5 Å². The van der Waals surface area contributed by atoms with Gasteiger partial charge in [-0.3, -0.25) is 24.5 Å². The third kappa shape index (κ3) is 7.02. The lowest BCUT2D eigenvalue weighted by Gasteiger charge is -2.33. The van der Waals surface area contributed by atoms with E-state index in [0.717, 1.165) is 0 Å². The van der Waals surface area contributed by atoms with Crippen molar-refractivity contribution in [1.29, 1.82) is 0 Å². The summed E-state index contributed by atoms with van der Waals surface area (Å²) >= 11 is 0. The van der Waals surface area contributed by atoms with Crippen LogP contribution in [-0.2, 0) is 25.5 Å². The number of hydrogen-bond acceptors (Lipinski definition) is 6. The van der Waals surface area contributed by atoms with E-state index in [-0.39, 0.29) is 23.9 Å². The van der Waals surface area contributed by atoms with Crippen LogP contribution in [0.15, 0.2) is 24.3 Å². The number of amides is 3. The second-order valence-electron chi connectivity index (χ2n) is 7.70. The number of nitrogens with zero attached hydrogens (tertiary/aromatic N) is 2. The van der Waals surface area contributed by atoms with Crippen molar-refractivity contribution in [3.63, 3.8) is 0 Å². The lowest BCUT2D eigenvalue weighted by molar-refractivity contribution is -0.384. The van der Waals surface area contributed by atoms with Gasteiger partial charge in [0, 0.05) is 25.2 Å². The van der Waals surface area contributed by atoms with Crippen LogP contribution in [0.5, 0.6) is 0 Å². The number of nitro groups is 1. The first-order valence-electron chi connectivity index (χ1n) is 10.4. The Morgan fingerprint density at radius 3 is 2.48 bits per heavy atom. The molecule has 0 saturated carbocycles. The molecule has 1 aliphatic rings. The first-order chi connectivity index (χ1) is 14.7. The Hall–Kier alpha value is -3.01. The smallest absolute Gasteiger partial charge is 0.269 e. The maximum atomic E-state index is 12.9. The number of nitro benzene ring substituents is 1. The number of ether oxygens (including phenoxy) is 1. The molecule has 1 aromatic rings. The van der Waals surface area contributed by atoms with Crippen LogP contribution in [0, 0.1) is 16.0 Å². The largest absolute Gasteiger partial charge is 0.378 e. The van der Waals surface area contributed by atoms with Crippen molar-refractivity contribution in [3.05, 3.63) is 39.9 Å². The van der Waals surface area contributed by atoms with Gasteiger partial charge in [0.25, 0.3) is 5.69 Å². The number of nitrogens with one attached hydrogen (secondary N) is 2. The third-order valence-corrected chi connectivity index (χ3v) is 5.36. The average molecular weight is 434 g/mol. The highest BCUT2D eigenvalue weighted by atomic mass is 16.6. The fraction of sp³-hybridized carbons (Fsp3) is 0.571. The van der Waals surface area contributed by atoms with E-state index in [0.29, 0.717) is 38.3 Å². The number of rotatable bonds is 9. The molecule has 10 heteroatoms. The maximum absolute atomic E-state index is 12.9. The van der Waals surface area contributed by atoms with Gasteiger partial charge in [-0.15, -0.1) is 0 Å². The van der Waals surface area contributed by atoms with Gasteiger partial charge in [0.2, 0.25) is 17.7 Å². The van der Waals surface area contributed by atoms with Gasteiger partial charge in [0.05, 0.1) is 24.6 Å². The van der Waals surface area contributed by atoms with Crippen LogP contribution in [0.3, 0.4) is 0 Å². The van der Waals surface area contributed by atoms with E-state index in [2.05, 4.69) is 10.6 Å². The highest BCUT2D eigenvalue weighted by molar-refractivity contribution is 5.92. The molecule has 0 bridgehead atoms. The SMILES string of the molecule is CC[C@H](C)[C@H](NC(=O)[C@H](C)NC(=O)Cc1cccc([N+](=O)[O-])c1)C(=O)N1CCOCC1. The fourth-order valence-corrected chi connectivity index (χ4v) is 3.27. The fourth-order valence-electron chi connectivity index (χ4n) is 3.27. The molecule has 31 heavy (non-hydrogen) atoms. The third-order valence-electron chi connectivity index (χ3n) is 5.36. The molecule has 2 rings (SSSR count). The van der Waals surface area contributed by atoms with Crippen molar-refractivity contribution in [3.8, 4) is 0 Å². The van der Waals surface area contributed by atoms with Crippen LogP contribution in [0.1, 0.15) is 32.8 Å². The zero-order valence-corrected chi connectivity index (χ0v) is 18.1. The second-order valence-corrected chi connectivity index (χ2v) is 7.70. The summed E-state index contributed by atoms with van der Waals surface area (Å²) in [6.45, 7) is 7.28. The Morgan fingerprint density at radius 1 is 1.19 bits per heavy atom. The first-order valence-corrected chi connectivity index (χ1v) is 10.4. The van der Waals surface area contributed by atoms with Gasteiger partial charge >= 0.3 is 0 Å². The number of carbonyl (C=O) groups is 3. The standard InChI is InChI=1S/C21H30N4O6/c1-4-14(2)19(21(28)24-8-10-31-11-9-24)23-20(27)15(3)22-18(26)13-16-6-5-7-17(12-16)25(29)30/h5-7,12,14-15,19H,4,8-11,13H2,1-3H3,(H,22,26)(H,23,27)/t14-,15-,19-/m0/s1. The normalized spacial score (nSPS) is 16.7. The summed E-state index contributed by atoms with van der Waals surface area (Å²) in [4.78, 5) is 49.9. The molecule has 1 fully saturated rings. The Bertz CT molecular complexity index is 809. The minimum atomic E-state index is -0.866. The van der Waals surface area contributed by atoms with Crippen molar-refractivity contribution >= 4 is 23.4 Å². The first kappa shape index (κ1) is 24.3. The molecule has 3 atom stereocenters. The number of morpholine rings is 1. The maximum Gasteiger partial charge on any atom is 0.269 e. The Balaban J connectivity index is 1.96. The van der Waals surface area contributed by atoms with E-state index in [4.69, 9.17) is 4.74 Å². The molecule has 10 nitrogen and oxygen atoms in total. The minimum absolute atomic E-state index is 0.0768. The monoisotopic (exact) mass is 434 g/mol. The van der Waals surface area contributed by atoms with Gasteiger partial charge in [-0.2, -0.15) is 0 Å². The summed E-state index contributed by atoms with van der Waals surface area (Å²) in [7, 11) is 0. The van der Waals surface area contributed by atoms with Crippen LogP contribution < -0.4 is 10.6 Å². The molecule has 1 aromatic carbocycles. The van der Waals surface area contributed by atoms with E-state index in [1.807, 2.05) is 13.8 Å². The topological polar surface area (TPSA) is 131 Å². The summed E-state index contributed by atoms with van der Waals surface area (Å²) in [5.74, 6) is -1.13. The van der Waals surface area contributed by atoms with E-state index in [1.165, 1.54) is 25.1 Å². The highest BCUT2D eigenvalue weighted by Crippen LogP contribution is 2.14. The Morgan fingerprint density at radius 2 is 1.87 bits per heavy atom. The van der Waals surface area contributed by atoms with Crippen molar-refractivity contribution < 1.29 is 24.0 Å². The minimum Gasteiger partial charge on any atom is -0.378 e. The van der Waals surface area contributed by atoms with Crippen LogP contribution in [0.4, 0.5) is 5.69 Å². The van der Waals surface area contributed by atoms with Gasteiger partial charge in [0.15, 0.2) is 0 Å². The van der Waals surface area contributed by atoms with Crippen molar-refractivity contribution in [1.82, 2.24) is 15.5 Å².